The number of aryl methyl sites for hydroxylation is 1. The summed E-state index contributed by atoms with van der Waals surface area (Å²) in [6.45, 7) is 3.57. The van der Waals surface area contributed by atoms with Crippen molar-refractivity contribution in [1.29, 1.82) is 0 Å². The minimum atomic E-state index is -3.41. The summed E-state index contributed by atoms with van der Waals surface area (Å²) in [5.74, 6) is -0.341. The number of carbonyl (C=O) groups excluding carboxylic acids is 1. The normalized spacial score (nSPS) is 11.1. The van der Waals surface area contributed by atoms with Crippen LogP contribution in [0.4, 0.5) is 11.4 Å². The maximum absolute atomic E-state index is 12.4. The zero-order valence-electron chi connectivity index (χ0n) is 13.0. The SMILES string of the molecule is Cc1ccc(C(=O)Nc2cccc(Cl)c2C)cc1NS(C)(=O)=O. The highest BCUT2D eigenvalue weighted by Gasteiger charge is 2.12. The molecule has 2 aromatic carbocycles. The second kappa shape index (κ2) is 6.60. The summed E-state index contributed by atoms with van der Waals surface area (Å²) in [4.78, 5) is 12.4. The van der Waals surface area contributed by atoms with Crippen molar-refractivity contribution in [3.63, 3.8) is 0 Å². The Kier molecular flexibility index (Phi) is 4.97. The molecule has 0 aliphatic heterocycles. The third kappa shape index (κ3) is 4.46. The molecule has 0 aliphatic rings. The maximum Gasteiger partial charge on any atom is 0.255 e. The molecule has 2 aromatic rings. The first-order valence-corrected chi connectivity index (χ1v) is 9.09. The first-order chi connectivity index (χ1) is 10.7. The van der Waals surface area contributed by atoms with Gasteiger partial charge in [0.15, 0.2) is 0 Å². The molecule has 0 bridgehead atoms. The van der Waals surface area contributed by atoms with Crippen molar-refractivity contribution in [2.75, 3.05) is 16.3 Å². The van der Waals surface area contributed by atoms with Crippen LogP contribution in [0.15, 0.2) is 36.4 Å². The van der Waals surface area contributed by atoms with E-state index in [-0.39, 0.29) is 5.91 Å². The van der Waals surface area contributed by atoms with Crippen LogP contribution in [0, 0.1) is 13.8 Å². The zero-order valence-corrected chi connectivity index (χ0v) is 14.5. The van der Waals surface area contributed by atoms with Crippen LogP contribution >= 0.6 is 11.6 Å². The summed E-state index contributed by atoms with van der Waals surface area (Å²) < 4.78 is 25.2. The predicted molar refractivity (Wildman–Crippen MR) is 93.8 cm³/mol. The van der Waals surface area contributed by atoms with E-state index < -0.39 is 10.0 Å². The molecule has 5 nitrogen and oxygen atoms in total. The fourth-order valence-electron chi connectivity index (χ4n) is 2.01. The number of hydrogen-bond acceptors (Lipinski definition) is 3. The largest absolute Gasteiger partial charge is 0.322 e. The molecule has 0 atom stereocenters. The molecule has 0 aliphatic carbocycles. The lowest BCUT2D eigenvalue weighted by molar-refractivity contribution is 0.102. The molecule has 0 radical (unpaired) electrons. The molecule has 1 amide bonds. The second-order valence-electron chi connectivity index (χ2n) is 5.27. The van der Waals surface area contributed by atoms with Gasteiger partial charge in [0.2, 0.25) is 10.0 Å². The minimum absolute atomic E-state index is 0.341. The number of halogens is 1. The molecule has 0 heterocycles. The third-order valence-corrected chi connectivity index (χ3v) is 4.31. The van der Waals surface area contributed by atoms with Crippen LogP contribution in [0.25, 0.3) is 0 Å². The van der Waals surface area contributed by atoms with Gasteiger partial charge in [-0.15, -0.1) is 0 Å². The van der Waals surface area contributed by atoms with E-state index in [1.54, 1.807) is 37.3 Å². The van der Waals surface area contributed by atoms with Gasteiger partial charge in [-0.25, -0.2) is 8.42 Å². The Balaban J connectivity index is 2.29. The Morgan fingerprint density at radius 1 is 1.09 bits per heavy atom. The van der Waals surface area contributed by atoms with Gasteiger partial charge in [-0.1, -0.05) is 23.7 Å². The quantitative estimate of drug-likeness (QED) is 0.883. The molecule has 0 aromatic heterocycles. The Bertz CT molecular complexity index is 864. The van der Waals surface area contributed by atoms with E-state index in [0.29, 0.717) is 22.0 Å². The van der Waals surface area contributed by atoms with Gasteiger partial charge in [-0.3, -0.25) is 9.52 Å². The third-order valence-electron chi connectivity index (χ3n) is 3.31. The van der Waals surface area contributed by atoms with Crippen LogP contribution in [0.1, 0.15) is 21.5 Å². The highest BCUT2D eigenvalue weighted by atomic mass is 35.5. The first-order valence-electron chi connectivity index (χ1n) is 6.82. The van der Waals surface area contributed by atoms with Gasteiger partial charge in [0.25, 0.3) is 5.91 Å². The highest BCUT2D eigenvalue weighted by Crippen LogP contribution is 2.24. The molecule has 122 valence electrons. The van der Waals surface area contributed by atoms with E-state index in [1.807, 2.05) is 6.92 Å². The van der Waals surface area contributed by atoms with Gasteiger partial charge in [0.05, 0.1) is 11.9 Å². The number of rotatable bonds is 4. The summed E-state index contributed by atoms with van der Waals surface area (Å²) >= 11 is 6.03. The number of carbonyl (C=O) groups is 1. The average molecular weight is 353 g/mol. The Morgan fingerprint density at radius 2 is 1.78 bits per heavy atom. The number of hydrogen-bond donors (Lipinski definition) is 2. The summed E-state index contributed by atoms with van der Waals surface area (Å²) in [5.41, 5.74) is 2.83. The molecule has 0 saturated carbocycles. The van der Waals surface area contributed by atoms with Crippen molar-refractivity contribution in [2.24, 2.45) is 0 Å². The maximum atomic E-state index is 12.4. The van der Waals surface area contributed by atoms with Crippen molar-refractivity contribution >= 4 is 38.9 Å². The fraction of sp³-hybridized carbons (Fsp3) is 0.188. The van der Waals surface area contributed by atoms with Crippen molar-refractivity contribution in [2.45, 2.75) is 13.8 Å². The topological polar surface area (TPSA) is 75.3 Å². The van der Waals surface area contributed by atoms with Crippen LogP contribution in [-0.2, 0) is 10.0 Å². The van der Waals surface area contributed by atoms with E-state index >= 15 is 0 Å². The second-order valence-corrected chi connectivity index (χ2v) is 7.43. The number of sulfonamides is 1. The molecule has 0 saturated heterocycles. The summed E-state index contributed by atoms with van der Waals surface area (Å²) in [5, 5.41) is 3.34. The molecular weight excluding hydrogens is 336 g/mol. The molecule has 0 unspecified atom stereocenters. The summed E-state index contributed by atoms with van der Waals surface area (Å²) in [6.07, 6.45) is 1.06. The number of benzene rings is 2. The Morgan fingerprint density at radius 3 is 2.43 bits per heavy atom. The molecule has 23 heavy (non-hydrogen) atoms. The molecule has 2 rings (SSSR count). The van der Waals surface area contributed by atoms with Gasteiger partial charge < -0.3 is 5.32 Å². The lowest BCUT2D eigenvalue weighted by Crippen LogP contribution is -2.15. The van der Waals surface area contributed by atoms with E-state index in [9.17, 15) is 13.2 Å². The van der Waals surface area contributed by atoms with Crippen LogP contribution in [-0.4, -0.2) is 20.6 Å². The van der Waals surface area contributed by atoms with Crippen LogP contribution in [0.2, 0.25) is 5.02 Å². The minimum Gasteiger partial charge on any atom is -0.322 e. The highest BCUT2D eigenvalue weighted by molar-refractivity contribution is 7.92. The number of amides is 1. The van der Waals surface area contributed by atoms with Gasteiger partial charge in [-0.05, 0) is 49.2 Å². The summed E-state index contributed by atoms with van der Waals surface area (Å²) in [7, 11) is -3.41. The van der Waals surface area contributed by atoms with Crippen LogP contribution in [0.3, 0.4) is 0 Å². The molecular formula is C16H17ClN2O3S. The number of anilines is 2. The van der Waals surface area contributed by atoms with Crippen molar-refractivity contribution in [1.82, 2.24) is 0 Å². The van der Waals surface area contributed by atoms with Gasteiger partial charge in [-0.2, -0.15) is 0 Å². The fourth-order valence-corrected chi connectivity index (χ4v) is 2.80. The van der Waals surface area contributed by atoms with Crippen molar-refractivity contribution in [3.8, 4) is 0 Å². The van der Waals surface area contributed by atoms with Gasteiger partial charge >= 0.3 is 0 Å². The summed E-state index contributed by atoms with van der Waals surface area (Å²) in [6, 6.07) is 10.1. The van der Waals surface area contributed by atoms with E-state index in [4.69, 9.17) is 11.6 Å². The Labute approximate surface area is 140 Å². The molecule has 0 spiro atoms. The monoisotopic (exact) mass is 352 g/mol. The van der Waals surface area contributed by atoms with E-state index in [1.165, 1.54) is 6.07 Å². The van der Waals surface area contributed by atoms with Crippen molar-refractivity contribution < 1.29 is 13.2 Å². The molecule has 2 N–H and O–H groups in total. The van der Waals surface area contributed by atoms with E-state index in [0.717, 1.165) is 17.4 Å². The van der Waals surface area contributed by atoms with E-state index in [2.05, 4.69) is 10.0 Å². The zero-order chi connectivity index (χ0) is 17.2. The van der Waals surface area contributed by atoms with Crippen molar-refractivity contribution in [3.05, 3.63) is 58.1 Å². The van der Waals surface area contributed by atoms with Gasteiger partial charge in [0.1, 0.15) is 0 Å². The standard InChI is InChI=1S/C16H17ClN2O3S/c1-10-7-8-12(9-15(10)19-23(3,21)22)16(20)18-14-6-4-5-13(17)11(14)2/h4-9,19H,1-3H3,(H,18,20). The number of nitrogens with one attached hydrogen (secondary N) is 2. The van der Waals surface area contributed by atoms with Gasteiger partial charge in [0, 0.05) is 16.3 Å². The average Bonchev–Trinajstić information content (AvgIpc) is 2.44. The Hall–Kier alpha value is -2.05. The predicted octanol–water partition coefficient (Wildman–Crippen LogP) is 3.58. The molecule has 7 heteroatoms. The van der Waals surface area contributed by atoms with Crippen LogP contribution in [0.5, 0.6) is 0 Å². The molecule has 0 fully saturated rings. The lowest BCUT2D eigenvalue weighted by atomic mass is 10.1. The lowest BCUT2D eigenvalue weighted by Gasteiger charge is -2.12. The van der Waals surface area contributed by atoms with Crippen LogP contribution < -0.4 is 10.0 Å². The smallest absolute Gasteiger partial charge is 0.255 e. The first kappa shape index (κ1) is 17.3.